The van der Waals surface area contributed by atoms with Crippen LogP contribution in [0, 0.1) is 58.2 Å². The van der Waals surface area contributed by atoms with Crippen LogP contribution in [0.1, 0.15) is 119 Å². The van der Waals surface area contributed by atoms with Crippen LogP contribution in [0.4, 0.5) is 0 Å². The third kappa shape index (κ3) is 3.85. The molecular weight excluding hydrogens is 360 g/mol. The highest BCUT2D eigenvalue weighted by atomic mass is 14.6. The molecule has 0 aromatic heterocycles. The second-order valence-electron chi connectivity index (χ2n) is 13.5. The maximum absolute atomic E-state index is 2.78. The predicted octanol–water partition coefficient (Wildman–Crippen LogP) is 9.30. The first kappa shape index (κ1) is 22.9. The van der Waals surface area contributed by atoms with Crippen LogP contribution in [0.5, 0.6) is 0 Å². The van der Waals surface area contributed by atoms with Gasteiger partial charge >= 0.3 is 0 Å². The summed E-state index contributed by atoms with van der Waals surface area (Å²) in [5.74, 6) is 7.57. The Bertz CT molecular complexity index is 626. The molecule has 172 valence electrons. The van der Waals surface area contributed by atoms with E-state index in [1.54, 1.807) is 0 Å². The van der Waals surface area contributed by atoms with Gasteiger partial charge in [-0.3, -0.25) is 0 Å². The molecule has 0 saturated heterocycles. The minimum absolute atomic E-state index is 0.538. The standard InChI is InChI=1S/C30H52/c1-20(2)9-8-10-22(5)26-13-14-27-25-12-11-24-19-23(21(3)4)15-17-29(24,6)28(25)16-18-30(26,27)7/h11,20-23,25-28H,8-10,12-19H2,1-7H3/t22-,23?,25?,26?,27+,28+,29?,30?/m1/s1. The van der Waals surface area contributed by atoms with E-state index in [2.05, 4.69) is 54.5 Å². The zero-order chi connectivity index (χ0) is 21.7. The van der Waals surface area contributed by atoms with Crippen molar-refractivity contribution >= 4 is 0 Å². The van der Waals surface area contributed by atoms with E-state index in [9.17, 15) is 0 Å². The molecule has 0 spiro atoms. The average Bonchev–Trinajstić information content (AvgIpc) is 3.04. The Morgan fingerprint density at radius 2 is 1.67 bits per heavy atom. The molecule has 0 nitrogen and oxygen atoms in total. The number of rotatable bonds is 6. The molecule has 0 heterocycles. The molecule has 5 unspecified atom stereocenters. The summed E-state index contributed by atoms with van der Waals surface area (Å²) in [5.41, 5.74) is 3.06. The number of hydrogen-bond donors (Lipinski definition) is 0. The predicted molar refractivity (Wildman–Crippen MR) is 131 cm³/mol. The molecule has 30 heavy (non-hydrogen) atoms. The Morgan fingerprint density at radius 3 is 2.37 bits per heavy atom. The van der Waals surface area contributed by atoms with Crippen molar-refractivity contribution in [2.75, 3.05) is 0 Å². The lowest BCUT2D eigenvalue weighted by molar-refractivity contribution is -0.0538. The van der Waals surface area contributed by atoms with Gasteiger partial charge in [0.2, 0.25) is 0 Å². The largest absolute Gasteiger partial charge is 0.0845 e. The van der Waals surface area contributed by atoms with E-state index >= 15 is 0 Å². The van der Waals surface area contributed by atoms with Gasteiger partial charge in [0, 0.05) is 0 Å². The maximum Gasteiger partial charge on any atom is -0.00851 e. The molecular formula is C30H52. The van der Waals surface area contributed by atoms with Crippen LogP contribution in [0.15, 0.2) is 11.6 Å². The fourth-order valence-corrected chi connectivity index (χ4v) is 9.28. The molecule has 0 amide bonds. The maximum atomic E-state index is 2.78. The minimum Gasteiger partial charge on any atom is -0.0845 e. The van der Waals surface area contributed by atoms with E-state index in [-0.39, 0.29) is 0 Å². The quantitative estimate of drug-likeness (QED) is 0.381. The summed E-state index contributed by atoms with van der Waals surface area (Å²) in [6.07, 6.45) is 19.0. The molecule has 0 aromatic rings. The lowest BCUT2D eigenvalue weighted by Crippen LogP contribution is -2.50. The summed E-state index contributed by atoms with van der Waals surface area (Å²) in [6.45, 7) is 17.7. The van der Waals surface area contributed by atoms with Gasteiger partial charge in [-0.25, -0.2) is 0 Å². The van der Waals surface area contributed by atoms with Crippen molar-refractivity contribution in [3.63, 3.8) is 0 Å². The van der Waals surface area contributed by atoms with E-state index in [0.717, 1.165) is 47.3 Å². The van der Waals surface area contributed by atoms with Crippen molar-refractivity contribution in [3.8, 4) is 0 Å². The summed E-state index contributed by atoms with van der Waals surface area (Å²) in [4.78, 5) is 0. The molecule has 3 saturated carbocycles. The molecule has 0 bridgehead atoms. The zero-order valence-electron chi connectivity index (χ0n) is 21.5. The number of hydrogen-bond acceptors (Lipinski definition) is 0. The number of fused-ring (bicyclic) bond motifs is 5. The number of allylic oxidation sites excluding steroid dienone is 2. The second kappa shape index (κ2) is 8.59. The van der Waals surface area contributed by atoms with Crippen molar-refractivity contribution in [2.24, 2.45) is 58.2 Å². The van der Waals surface area contributed by atoms with Gasteiger partial charge in [0.15, 0.2) is 0 Å². The van der Waals surface area contributed by atoms with Crippen LogP contribution < -0.4 is 0 Å². The Kier molecular flexibility index (Phi) is 6.56. The summed E-state index contributed by atoms with van der Waals surface area (Å²) in [6, 6.07) is 0. The van der Waals surface area contributed by atoms with Gasteiger partial charge in [0.05, 0.1) is 0 Å². The van der Waals surface area contributed by atoms with Crippen LogP contribution >= 0.6 is 0 Å². The molecule has 4 aliphatic rings. The highest BCUT2D eigenvalue weighted by molar-refractivity contribution is 5.25. The van der Waals surface area contributed by atoms with Crippen LogP contribution in [0.2, 0.25) is 0 Å². The van der Waals surface area contributed by atoms with Crippen LogP contribution in [0.3, 0.4) is 0 Å². The van der Waals surface area contributed by atoms with Crippen molar-refractivity contribution < 1.29 is 0 Å². The summed E-state index contributed by atoms with van der Waals surface area (Å²) >= 11 is 0. The fourth-order valence-electron chi connectivity index (χ4n) is 9.28. The molecule has 0 heteroatoms. The highest BCUT2D eigenvalue weighted by Gasteiger charge is 2.59. The zero-order valence-corrected chi connectivity index (χ0v) is 21.5. The molecule has 0 aromatic carbocycles. The average molecular weight is 413 g/mol. The van der Waals surface area contributed by atoms with Crippen molar-refractivity contribution in [3.05, 3.63) is 11.6 Å². The van der Waals surface area contributed by atoms with Gasteiger partial charge in [-0.1, -0.05) is 79.4 Å². The van der Waals surface area contributed by atoms with Gasteiger partial charge in [0.25, 0.3) is 0 Å². The summed E-state index contributed by atoms with van der Waals surface area (Å²) in [5, 5.41) is 0. The molecule has 8 atom stereocenters. The van der Waals surface area contributed by atoms with E-state index < -0.39 is 0 Å². The third-order valence-corrected chi connectivity index (χ3v) is 11.3. The first-order valence-corrected chi connectivity index (χ1v) is 13.9. The molecule has 0 radical (unpaired) electrons. The SMILES string of the molecule is CC(C)CCC[C@@H](C)C1CC[C@H]2C3CC=C4CC(C(C)C)CCC4(C)[C@H]3CCC12C. The third-order valence-electron chi connectivity index (χ3n) is 11.3. The van der Waals surface area contributed by atoms with Gasteiger partial charge < -0.3 is 0 Å². The van der Waals surface area contributed by atoms with Gasteiger partial charge in [0.1, 0.15) is 0 Å². The Labute approximate surface area is 189 Å². The summed E-state index contributed by atoms with van der Waals surface area (Å²) in [7, 11) is 0. The molecule has 4 aliphatic carbocycles. The van der Waals surface area contributed by atoms with Gasteiger partial charge in [-0.2, -0.15) is 0 Å². The van der Waals surface area contributed by atoms with Gasteiger partial charge in [-0.05, 0) is 110 Å². The lowest BCUT2D eigenvalue weighted by Gasteiger charge is -2.59. The Balaban J connectivity index is 1.48. The van der Waals surface area contributed by atoms with Crippen molar-refractivity contribution in [1.82, 2.24) is 0 Å². The first-order valence-electron chi connectivity index (χ1n) is 13.9. The van der Waals surface area contributed by atoms with Crippen LogP contribution in [-0.2, 0) is 0 Å². The molecule has 0 aliphatic heterocycles. The lowest BCUT2D eigenvalue weighted by atomic mass is 9.46. The summed E-state index contributed by atoms with van der Waals surface area (Å²) < 4.78 is 0. The second-order valence-corrected chi connectivity index (χ2v) is 13.5. The van der Waals surface area contributed by atoms with E-state index in [4.69, 9.17) is 0 Å². The normalized spacial score (nSPS) is 44.4. The minimum atomic E-state index is 0.538. The highest BCUT2D eigenvalue weighted by Crippen LogP contribution is 2.67. The van der Waals surface area contributed by atoms with E-state index in [1.807, 2.05) is 5.57 Å². The van der Waals surface area contributed by atoms with E-state index in [0.29, 0.717) is 10.8 Å². The van der Waals surface area contributed by atoms with Crippen molar-refractivity contribution in [1.29, 1.82) is 0 Å². The topological polar surface area (TPSA) is 0 Å². The van der Waals surface area contributed by atoms with Crippen LogP contribution in [0.25, 0.3) is 0 Å². The fraction of sp³-hybridized carbons (Fsp3) is 0.933. The first-order chi connectivity index (χ1) is 14.2. The molecule has 0 N–H and O–H groups in total. The van der Waals surface area contributed by atoms with Gasteiger partial charge in [-0.15, -0.1) is 0 Å². The molecule has 4 rings (SSSR count). The van der Waals surface area contributed by atoms with Crippen molar-refractivity contribution in [2.45, 2.75) is 119 Å². The van der Waals surface area contributed by atoms with Crippen LogP contribution in [-0.4, -0.2) is 0 Å². The monoisotopic (exact) mass is 412 g/mol. The Hall–Kier alpha value is -0.260. The smallest absolute Gasteiger partial charge is 0.00851 e. The molecule has 3 fully saturated rings. The Morgan fingerprint density at radius 1 is 0.900 bits per heavy atom. The van der Waals surface area contributed by atoms with E-state index in [1.165, 1.54) is 70.6 Å².